The molecule has 2 rings (SSSR count). The molecule has 1 unspecified atom stereocenters. The number of benzene rings is 1. The van der Waals surface area contributed by atoms with Gasteiger partial charge < -0.3 is 24.8 Å². The molecule has 0 saturated heterocycles. The van der Waals surface area contributed by atoms with Crippen molar-refractivity contribution in [1.82, 2.24) is 10.2 Å². The van der Waals surface area contributed by atoms with E-state index in [9.17, 15) is 19.5 Å². The van der Waals surface area contributed by atoms with E-state index in [1.807, 2.05) is 0 Å². The van der Waals surface area contributed by atoms with Gasteiger partial charge in [0, 0.05) is 20.0 Å². The second-order valence-corrected chi connectivity index (χ2v) is 5.33. The summed E-state index contributed by atoms with van der Waals surface area (Å²) in [5, 5.41) is 11.8. The molecule has 8 nitrogen and oxygen atoms in total. The van der Waals surface area contributed by atoms with Crippen LogP contribution in [0, 0.1) is 0 Å². The third kappa shape index (κ3) is 3.95. The quantitative estimate of drug-likeness (QED) is 0.784. The third-order valence-corrected chi connectivity index (χ3v) is 3.61. The summed E-state index contributed by atoms with van der Waals surface area (Å²) in [5.41, 5.74) is 0.239. The first-order valence-electron chi connectivity index (χ1n) is 7.58. The Balaban J connectivity index is 2.26. The lowest BCUT2D eigenvalue weighted by molar-refractivity contribution is -0.141. The number of aliphatic carboxylic acids is 1. The average molecular weight is 336 g/mol. The number of nitrogens with one attached hydrogen (secondary N) is 1. The second-order valence-electron chi connectivity index (χ2n) is 5.33. The summed E-state index contributed by atoms with van der Waals surface area (Å²) in [4.78, 5) is 36.4. The fourth-order valence-electron chi connectivity index (χ4n) is 2.35. The smallest absolute Gasteiger partial charge is 0.326 e. The number of carbonyl (C=O) groups excluding carboxylic acids is 2. The number of ether oxygens (including phenoxy) is 2. The van der Waals surface area contributed by atoms with Gasteiger partial charge in [-0.1, -0.05) is 6.07 Å². The molecule has 2 N–H and O–H groups in total. The predicted octanol–water partition coefficient (Wildman–Crippen LogP) is 0.509. The summed E-state index contributed by atoms with van der Waals surface area (Å²) in [7, 11) is 0. The number of carboxylic acids is 1. The number of hydrogen-bond donors (Lipinski definition) is 2. The van der Waals surface area contributed by atoms with Gasteiger partial charge >= 0.3 is 5.97 Å². The highest BCUT2D eigenvalue weighted by Crippen LogP contribution is 2.34. The van der Waals surface area contributed by atoms with Crippen molar-refractivity contribution in [2.24, 2.45) is 0 Å². The molecule has 2 amide bonds. The van der Waals surface area contributed by atoms with Gasteiger partial charge in [0.25, 0.3) is 5.91 Å². The molecule has 0 spiro atoms. The third-order valence-electron chi connectivity index (χ3n) is 3.61. The van der Waals surface area contributed by atoms with E-state index in [1.54, 1.807) is 18.2 Å². The van der Waals surface area contributed by atoms with Crippen LogP contribution in [-0.2, 0) is 9.59 Å². The van der Waals surface area contributed by atoms with Crippen molar-refractivity contribution < 1.29 is 29.0 Å². The zero-order valence-corrected chi connectivity index (χ0v) is 13.6. The highest BCUT2D eigenvalue weighted by atomic mass is 16.6. The predicted molar refractivity (Wildman–Crippen MR) is 84.3 cm³/mol. The molecule has 24 heavy (non-hydrogen) atoms. The lowest BCUT2D eigenvalue weighted by atomic mass is 10.1. The number of nitrogens with zero attached hydrogens (tertiary/aromatic N) is 1. The molecular formula is C16H20N2O6. The summed E-state index contributed by atoms with van der Waals surface area (Å²) >= 11 is 0. The SMILES string of the molecule is CC(=O)NCCN(C(=O)c1cccc2c1OCCO2)C(C)C(=O)O. The van der Waals surface area contributed by atoms with Gasteiger partial charge in [0.1, 0.15) is 19.3 Å². The maximum atomic E-state index is 12.9. The molecule has 1 aromatic rings. The molecule has 0 radical (unpaired) electrons. The van der Waals surface area contributed by atoms with Gasteiger partial charge in [-0.25, -0.2) is 4.79 Å². The first kappa shape index (κ1) is 17.6. The Bertz CT molecular complexity index is 645. The second kappa shape index (κ2) is 7.67. The summed E-state index contributed by atoms with van der Waals surface area (Å²) < 4.78 is 11.0. The number of amides is 2. The van der Waals surface area contributed by atoms with Crippen LogP contribution < -0.4 is 14.8 Å². The summed E-state index contributed by atoms with van der Waals surface area (Å²) in [6, 6.07) is 3.85. The van der Waals surface area contributed by atoms with Crippen molar-refractivity contribution in [3.63, 3.8) is 0 Å². The molecule has 0 bridgehead atoms. The van der Waals surface area contributed by atoms with Gasteiger partial charge in [-0.15, -0.1) is 0 Å². The van der Waals surface area contributed by atoms with Crippen LogP contribution in [0.2, 0.25) is 0 Å². The zero-order chi connectivity index (χ0) is 17.7. The zero-order valence-electron chi connectivity index (χ0n) is 13.6. The normalized spacial score (nSPS) is 13.8. The summed E-state index contributed by atoms with van der Waals surface area (Å²) in [6.07, 6.45) is 0. The molecule has 130 valence electrons. The molecule has 1 atom stereocenters. The number of carboxylic acid groups (broad SMARTS) is 1. The van der Waals surface area contributed by atoms with Gasteiger partial charge in [0.05, 0.1) is 5.56 Å². The van der Waals surface area contributed by atoms with Crippen molar-refractivity contribution in [1.29, 1.82) is 0 Å². The Kier molecular flexibility index (Phi) is 5.62. The van der Waals surface area contributed by atoms with Crippen LogP contribution in [0.3, 0.4) is 0 Å². The van der Waals surface area contributed by atoms with Crippen molar-refractivity contribution in [3.8, 4) is 11.5 Å². The van der Waals surface area contributed by atoms with Crippen LogP contribution in [0.15, 0.2) is 18.2 Å². The molecule has 8 heteroatoms. The minimum absolute atomic E-state index is 0.0659. The fourth-order valence-corrected chi connectivity index (χ4v) is 2.35. The van der Waals surface area contributed by atoms with E-state index in [0.29, 0.717) is 24.7 Å². The minimum Gasteiger partial charge on any atom is -0.486 e. The highest BCUT2D eigenvalue weighted by Gasteiger charge is 2.30. The van der Waals surface area contributed by atoms with Crippen LogP contribution in [0.4, 0.5) is 0 Å². The van der Waals surface area contributed by atoms with Crippen molar-refractivity contribution in [2.75, 3.05) is 26.3 Å². The molecule has 1 heterocycles. The van der Waals surface area contributed by atoms with Crippen molar-refractivity contribution in [2.45, 2.75) is 19.9 Å². The monoisotopic (exact) mass is 336 g/mol. The number of carbonyl (C=O) groups is 3. The van der Waals surface area contributed by atoms with Gasteiger partial charge in [-0.2, -0.15) is 0 Å². The first-order valence-corrected chi connectivity index (χ1v) is 7.58. The van der Waals surface area contributed by atoms with Gasteiger partial charge in [-0.05, 0) is 19.1 Å². The van der Waals surface area contributed by atoms with Crippen LogP contribution in [0.1, 0.15) is 24.2 Å². The summed E-state index contributed by atoms with van der Waals surface area (Å²) in [6.45, 7) is 3.70. The Morgan fingerprint density at radius 2 is 2.00 bits per heavy atom. The van der Waals surface area contributed by atoms with E-state index in [-0.39, 0.29) is 24.6 Å². The van der Waals surface area contributed by atoms with Crippen molar-refractivity contribution >= 4 is 17.8 Å². The van der Waals surface area contributed by atoms with Gasteiger partial charge in [0.2, 0.25) is 5.91 Å². The van der Waals surface area contributed by atoms with Crippen LogP contribution in [0.5, 0.6) is 11.5 Å². The maximum absolute atomic E-state index is 12.9. The van der Waals surface area contributed by atoms with Crippen molar-refractivity contribution in [3.05, 3.63) is 23.8 Å². The largest absolute Gasteiger partial charge is 0.486 e. The fraction of sp³-hybridized carbons (Fsp3) is 0.438. The van der Waals surface area contributed by atoms with E-state index in [2.05, 4.69) is 5.32 Å². The van der Waals surface area contributed by atoms with E-state index < -0.39 is 17.9 Å². The lowest BCUT2D eigenvalue weighted by Crippen LogP contribution is -2.46. The molecule has 0 aliphatic carbocycles. The van der Waals surface area contributed by atoms with Gasteiger partial charge in [-0.3, -0.25) is 9.59 Å². The molecule has 1 aliphatic rings. The molecule has 1 aliphatic heterocycles. The number of hydrogen-bond acceptors (Lipinski definition) is 5. The lowest BCUT2D eigenvalue weighted by Gasteiger charge is -2.28. The van der Waals surface area contributed by atoms with Crippen LogP contribution >= 0.6 is 0 Å². The molecular weight excluding hydrogens is 316 g/mol. The number of para-hydroxylation sites is 1. The Morgan fingerprint density at radius 1 is 1.29 bits per heavy atom. The summed E-state index contributed by atoms with van der Waals surface area (Å²) in [5.74, 6) is -1.10. The van der Waals surface area contributed by atoms with E-state index >= 15 is 0 Å². The first-order chi connectivity index (χ1) is 11.4. The average Bonchev–Trinajstić information content (AvgIpc) is 2.56. The maximum Gasteiger partial charge on any atom is 0.326 e. The standard InChI is InChI=1S/C16H20N2O6/c1-10(16(21)22)18(7-6-17-11(2)19)15(20)12-4-3-5-13-14(12)24-9-8-23-13/h3-5,10H,6-9H2,1-2H3,(H,17,19)(H,21,22). The molecule has 0 aromatic heterocycles. The molecule has 1 aromatic carbocycles. The number of rotatable bonds is 6. The van der Waals surface area contributed by atoms with E-state index in [0.717, 1.165) is 0 Å². The highest BCUT2D eigenvalue weighted by molar-refractivity contribution is 5.99. The Hall–Kier alpha value is -2.77. The minimum atomic E-state index is -1.13. The van der Waals surface area contributed by atoms with E-state index in [1.165, 1.54) is 18.7 Å². The van der Waals surface area contributed by atoms with E-state index in [4.69, 9.17) is 9.47 Å². The molecule has 0 fully saturated rings. The molecule has 0 saturated carbocycles. The Labute approximate surface area is 139 Å². The number of fused-ring (bicyclic) bond motifs is 1. The Morgan fingerprint density at radius 3 is 2.67 bits per heavy atom. The van der Waals surface area contributed by atoms with Gasteiger partial charge in [0.15, 0.2) is 11.5 Å². The topological polar surface area (TPSA) is 105 Å². The van der Waals surface area contributed by atoms with Crippen LogP contribution in [-0.4, -0.2) is 60.1 Å². The van der Waals surface area contributed by atoms with Crippen LogP contribution in [0.25, 0.3) is 0 Å².